The Morgan fingerprint density at radius 2 is 1.50 bits per heavy atom. The predicted molar refractivity (Wildman–Crippen MR) is 129 cm³/mol. The summed E-state index contributed by atoms with van der Waals surface area (Å²) in [6.07, 6.45) is 1.47. The van der Waals surface area contributed by atoms with Crippen molar-refractivity contribution in [1.82, 2.24) is 4.98 Å². The molecule has 1 heterocycles. The Morgan fingerprint density at radius 3 is 2.09 bits per heavy atom. The van der Waals surface area contributed by atoms with Crippen molar-refractivity contribution in [2.24, 2.45) is 4.99 Å². The van der Waals surface area contributed by atoms with Crippen molar-refractivity contribution in [1.29, 1.82) is 10.5 Å². The number of para-hydroxylation sites is 1. The minimum Gasteiger partial charge on any atom is -0.339 e. The molecule has 0 aliphatic carbocycles. The summed E-state index contributed by atoms with van der Waals surface area (Å²) in [6, 6.07) is 28.5. The lowest BCUT2D eigenvalue weighted by molar-refractivity contribution is -0.384. The van der Waals surface area contributed by atoms with Gasteiger partial charge in [0.05, 0.1) is 4.92 Å². The first kappa shape index (κ1) is 21.9. The van der Waals surface area contributed by atoms with Crippen LogP contribution in [0.25, 0.3) is 11.1 Å². The second-order valence-corrected chi connectivity index (χ2v) is 7.10. The highest BCUT2D eigenvalue weighted by molar-refractivity contribution is 5.88. The van der Waals surface area contributed by atoms with Crippen LogP contribution in [0.15, 0.2) is 89.9 Å². The first-order valence-corrected chi connectivity index (χ1v) is 10.1. The molecule has 0 unspecified atom stereocenters. The summed E-state index contributed by atoms with van der Waals surface area (Å²) in [7, 11) is 0. The van der Waals surface area contributed by atoms with E-state index in [1.807, 2.05) is 60.7 Å². The highest BCUT2D eigenvalue weighted by atomic mass is 16.6. The molecule has 3 aromatic carbocycles. The summed E-state index contributed by atoms with van der Waals surface area (Å²) < 4.78 is 0. The fourth-order valence-electron chi connectivity index (χ4n) is 3.34. The number of hydrogen-bond acceptors (Lipinski definition) is 7. The molecule has 0 radical (unpaired) electrons. The normalized spacial score (nSPS) is 10.4. The Kier molecular flexibility index (Phi) is 6.34. The lowest BCUT2D eigenvalue weighted by Gasteiger charge is -2.14. The van der Waals surface area contributed by atoms with Crippen LogP contribution in [0, 0.1) is 32.8 Å². The summed E-state index contributed by atoms with van der Waals surface area (Å²) in [5, 5.41) is 34.0. The number of non-ortho nitro benzene ring substituents is 1. The first-order chi connectivity index (χ1) is 16.6. The van der Waals surface area contributed by atoms with Gasteiger partial charge in [-0.3, -0.25) is 10.1 Å². The average Bonchev–Trinajstić information content (AvgIpc) is 2.88. The molecule has 8 heteroatoms. The van der Waals surface area contributed by atoms with E-state index < -0.39 is 4.92 Å². The number of anilines is 2. The number of pyridine rings is 1. The van der Waals surface area contributed by atoms with E-state index in [0.29, 0.717) is 16.7 Å². The number of nitro benzene ring substituents is 1. The molecular weight excluding hydrogens is 428 g/mol. The second-order valence-electron chi connectivity index (χ2n) is 7.10. The van der Waals surface area contributed by atoms with E-state index in [4.69, 9.17) is 0 Å². The lowest BCUT2D eigenvalue weighted by atomic mass is 9.96. The Bertz CT molecular complexity index is 1450. The van der Waals surface area contributed by atoms with Crippen molar-refractivity contribution in [3.8, 4) is 23.3 Å². The summed E-state index contributed by atoms with van der Waals surface area (Å²) in [5.41, 5.74) is 2.77. The molecule has 0 atom stereocenters. The van der Waals surface area contributed by atoms with Gasteiger partial charge in [0.2, 0.25) is 0 Å². The highest BCUT2D eigenvalue weighted by Gasteiger charge is 2.21. The van der Waals surface area contributed by atoms with Crippen molar-refractivity contribution >= 4 is 29.2 Å². The zero-order valence-electron chi connectivity index (χ0n) is 17.7. The Labute approximate surface area is 195 Å². The van der Waals surface area contributed by atoms with Gasteiger partial charge in [-0.2, -0.15) is 10.5 Å². The van der Waals surface area contributed by atoms with Gasteiger partial charge in [0.1, 0.15) is 23.3 Å². The van der Waals surface area contributed by atoms with E-state index in [9.17, 15) is 20.6 Å². The van der Waals surface area contributed by atoms with Gasteiger partial charge < -0.3 is 5.32 Å². The highest BCUT2D eigenvalue weighted by Crippen LogP contribution is 2.37. The van der Waals surface area contributed by atoms with Gasteiger partial charge in [-0.15, -0.1) is 0 Å². The van der Waals surface area contributed by atoms with E-state index in [0.717, 1.165) is 5.69 Å². The molecule has 1 N–H and O–H groups in total. The maximum Gasteiger partial charge on any atom is 0.269 e. The van der Waals surface area contributed by atoms with Gasteiger partial charge in [0.25, 0.3) is 5.69 Å². The number of benzene rings is 3. The van der Waals surface area contributed by atoms with Gasteiger partial charge >= 0.3 is 0 Å². The van der Waals surface area contributed by atoms with Crippen LogP contribution in [0.3, 0.4) is 0 Å². The molecule has 0 aliphatic rings. The maximum absolute atomic E-state index is 10.9. The van der Waals surface area contributed by atoms with Crippen molar-refractivity contribution in [3.63, 3.8) is 0 Å². The van der Waals surface area contributed by atoms with Gasteiger partial charge in [0, 0.05) is 29.6 Å². The molecular formula is C26H16N6O2. The van der Waals surface area contributed by atoms with Crippen LogP contribution in [0.2, 0.25) is 0 Å². The third-order valence-corrected chi connectivity index (χ3v) is 4.94. The topological polar surface area (TPSA) is 128 Å². The molecule has 34 heavy (non-hydrogen) atoms. The molecule has 0 saturated heterocycles. The quantitative estimate of drug-likeness (QED) is 0.224. The van der Waals surface area contributed by atoms with Crippen molar-refractivity contribution < 1.29 is 4.92 Å². The molecule has 0 aliphatic heterocycles. The van der Waals surface area contributed by atoms with E-state index >= 15 is 0 Å². The van der Waals surface area contributed by atoms with Gasteiger partial charge in [-0.1, -0.05) is 48.5 Å². The SMILES string of the molecule is N#Cc1c(N=Cc2ccc([N+](=O)[O-])cc2)nc(Nc2ccccc2)c(C#N)c1-c1ccccc1. The molecule has 0 saturated carbocycles. The number of nitrogens with one attached hydrogen (secondary N) is 1. The molecule has 8 nitrogen and oxygen atoms in total. The number of aromatic nitrogens is 1. The largest absolute Gasteiger partial charge is 0.339 e. The average molecular weight is 444 g/mol. The molecule has 1 aromatic heterocycles. The molecule has 0 amide bonds. The van der Waals surface area contributed by atoms with Crippen LogP contribution in [0.4, 0.5) is 23.0 Å². The van der Waals surface area contributed by atoms with Crippen molar-refractivity contribution in [2.75, 3.05) is 5.32 Å². The standard InChI is InChI=1S/C26H16N6O2/c27-15-22-24(19-7-3-1-4-8-19)23(16-28)26(30-20-9-5-2-6-10-20)31-25(22)29-17-18-11-13-21(14-12-18)32(33)34/h1-14,17H,(H,30,31). The fourth-order valence-corrected chi connectivity index (χ4v) is 3.34. The number of aliphatic imine (C=N–C) groups is 1. The first-order valence-electron chi connectivity index (χ1n) is 10.1. The minimum atomic E-state index is -0.482. The Hall–Kier alpha value is -5.34. The molecule has 0 spiro atoms. The number of hydrogen-bond donors (Lipinski definition) is 1. The molecule has 0 bridgehead atoms. The lowest BCUT2D eigenvalue weighted by Crippen LogP contribution is -2.02. The van der Waals surface area contributed by atoms with Crippen molar-refractivity contribution in [2.45, 2.75) is 0 Å². The molecule has 4 rings (SSSR count). The summed E-state index contributed by atoms with van der Waals surface area (Å²) >= 11 is 0. The minimum absolute atomic E-state index is 0.0351. The third kappa shape index (κ3) is 4.62. The van der Waals surface area contributed by atoms with Crippen LogP contribution >= 0.6 is 0 Å². The van der Waals surface area contributed by atoms with E-state index in [1.54, 1.807) is 12.1 Å². The smallest absolute Gasteiger partial charge is 0.269 e. The zero-order chi connectivity index (χ0) is 23.9. The Morgan fingerprint density at radius 1 is 0.882 bits per heavy atom. The molecule has 4 aromatic rings. The molecule has 162 valence electrons. The summed E-state index contributed by atoms with van der Waals surface area (Å²) in [4.78, 5) is 19.3. The zero-order valence-corrected chi connectivity index (χ0v) is 17.7. The fraction of sp³-hybridized carbons (Fsp3) is 0. The van der Waals surface area contributed by atoms with Gasteiger partial charge in [0.15, 0.2) is 11.6 Å². The Balaban J connectivity index is 1.88. The number of nitrogens with zero attached hydrogens (tertiary/aromatic N) is 5. The van der Waals surface area contributed by atoms with Crippen LogP contribution in [0.5, 0.6) is 0 Å². The van der Waals surface area contributed by atoms with Gasteiger partial charge in [-0.25, -0.2) is 9.98 Å². The van der Waals surface area contributed by atoms with Gasteiger partial charge in [-0.05, 0) is 35.4 Å². The predicted octanol–water partition coefficient (Wildman–Crippen LogP) is 5.89. The molecule has 0 fully saturated rings. The maximum atomic E-state index is 10.9. The van der Waals surface area contributed by atoms with E-state index in [2.05, 4.69) is 27.4 Å². The number of rotatable bonds is 6. The van der Waals surface area contributed by atoms with Crippen LogP contribution in [0.1, 0.15) is 16.7 Å². The second kappa shape index (κ2) is 9.86. The van der Waals surface area contributed by atoms with Crippen molar-refractivity contribution in [3.05, 3.63) is 112 Å². The summed E-state index contributed by atoms with van der Waals surface area (Å²) in [6.45, 7) is 0. The number of nitro groups is 1. The van der Waals surface area contributed by atoms with Crippen LogP contribution in [-0.4, -0.2) is 16.1 Å². The third-order valence-electron chi connectivity index (χ3n) is 4.94. The number of nitriles is 2. The van der Waals surface area contributed by atoms with E-state index in [-0.39, 0.29) is 28.5 Å². The monoisotopic (exact) mass is 444 g/mol. The van der Waals surface area contributed by atoms with E-state index in [1.165, 1.54) is 18.3 Å². The summed E-state index contributed by atoms with van der Waals surface area (Å²) in [5.74, 6) is 0.388. The van der Waals surface area contributed by atoms with Crippen LogP contribution in [-0.2, 0) is 0 Å². The van der Waals surface area contributed by atoms with Crippen LogP contribution < -0.4 is 5.32 Å².